The zero-order valence-corrected chi connectivity index (χ0v) is 24.9. The molecule has 0 unspecified atom stereocenters. The number of likely N-dealkylation sites (tertiary alicyclic amines) is 1. The molecular weight excluding hydrogens is 572 g/mol. The smallest absolute Gasteiger partial charge is 0.257 e. The van der Waals surface area contributed by atoms with Crippen LogP contribution in [-0.4, -0.2) is 80.8 Å². The predicted molar refractivity (Wildman–Crippen MR) is 159 cm³/mol. The van der Waals surface area contributed by atoms with Gasteiger partial charge < -0.3 is 29.2 Å². The summed E-state index contributed by atoms with van der Waals surface area (Å²) >= 11 is 0. The highest BCUT2D eigenvalue weighted by molar-refractivity contribution is 5.94. The lowest BCUT2D eigenvalue weighted by Crippen LogP contribution is -2.58. The maximum absolute atomic E-state index is 14.5. The quantitative estimate of drug-likeness (QED) is 0.411. The average molecular weight is 610 g/mol. The number of fused-ring (bicyclic) bond motifs is 5. The zero-order valence-electron chi connectivity index (χ0n) is 24.9. The molecule has 0 spiro atoms. The molecule has 2 aliphatic heterocycles. The molecule has 0 aromatic heterocycles. The van der Waals surface area contributed by atoms with E-state index in [-0.39, 0.29) is 37.7 Å². The van der Waals surface area contributed by atoms with Gasteiger partial charge in [-0.25, -0.2) is 8.78 Å². The number of halogens is 2. The molecule has 2 atom stereocenters. The van der Waals surface area contributed by atoms with Crippen molar-refractivity contribution < 1.29 is 37.3 Å². The van der Waals surface area contributed by atoms with Gasteiger partial charge in [-0.15, -0.1) is 0 Å². The molecule has 9 nitrogen and oxygen atoms in total. The first-order valence-electron chi connectivity index (χ1n) is 14.6. The molecule has 44 heavy (non-hydrogen) atoms. The largest absolute Gasteiger partial charge is 0.493 e. The average Bonchev–Trinajstić information content (AvgIpc) is 3.01. The van der Waals surface area contributed by atoms with E-state index in [2.05, 4.69) is 5.32 Å². The van der Waals surface area contributed by atoms with Crippen molar-refractivity contribution in [3.8, 4) is 17.2 Å². The number of benzene rings is 3. The summed E-state index contributed by atoms with van der Waals surface area (Å²) in [5.74, 6) is -0.615. The van der Waals surface area contributed by atoms with Crippen LogP contribution in [0, 0.1) is 11.6 Å². The molecule has 1 fully saturated rings. The van der Waals surface area contributed by atoms with Crippen LogP contribution in [0.4, 0.5) is 8.78 Å². The fourth-order valence-corrected chi connectivity index (χ4v) is 5.57. The molecule has 11 heteroatoms. The lowest BCUT2D eigenvalue weighted by Gasteiger charge is -2.39. The second-order valence-corrected chi connectivity index (χ2v) is 11.0. The van der Waals surface area contributed by atoms with E-state index in [0.717, 1.165) is 29.3 Å². The van der Waals surface area contributed by atoms with Crippen molar-refractivity contribution >= 4 is 11.8 Å². The number of amides is 2. The third kappa shape index (κ3) is 7.90. The van der Waals surface area contributed by atoms with Crippen LogP contribution in [0.15, 0.2) is 60.7 Å². The highest BCUT2D eigenvalue weighted by Crippen LogP contribution is 2.33. The molecule has 3 aromatic rings. The zero-order chi connectivity index (χ0) is 31.1. The lowest BCUT2D eigenvalue weighted by molar-refractivity contribution is -0.125. The maximum atomic E-state index is 14.5. The maximum Gasteiger partial charge on any atom is 0.257 e. The third-order valence-electron chi connectivity index (χ3n) is 7.76. The number of hydrogen-bond acceptors (Lipinski definition) is 7. The van der Waals surface area contributed by atoms with Crippen LogP contribution in [0.3, 0.4) is 0 Å². The number of carbonyl (C=O) groups is 2. The van der Waals surface area contributed by atoms with Gasteiger partial charge in [0.25, 0.3) is 5.91 Å². The Morgan fingerprint density at radius 2 is 1.91 bits per heavy atom. The molecule has 1 N–H and O–H groups in total. The van der Waals surface area contributed by atoms with Crippen molar-refractivity contribution in [2.24, 2.45) is 0 Å². The monoisotopic (exact) mass is 609 g/mol. The number of ether oxygens (including phenoxy) is 4. The van der Waals surface area contributed by atoms with Crippen molar-refractivity contribution in [2.45, 2.75) is 38.1 Å². The van der Waals surface area contributed by atoms with Gasteiger partial charge in [0.05, 0.1) is 38.0 Å². The van der Waals surface area contributed by atoms with Crippen molar-refractivity contribution in [3.63, 3.8) is 0 Å². The summed E-state index contributed by atoms with van der Waals surface area (Å²) in [6.45, 7) is 2.26. The van der Waals surface area contributed by atoms with E-state index in [0.29, 0.717) is 49.8 Å². The van der Waals surface area contributed by atoms with E-state index in [1.54, 1.807) is 14.2 Å². The molecule has 0 saturated carbocycles. The van der Waals surface area contributed by atoms with E-state index in [4.69, 9.17) is 18.9 Å². The van der Waals surface area contributed by atoms with E-state index >= 15 is 0 Å². The Morgan fingerprint density at radius 3 is 2.73 bits per heavy atom. The molecule has 5 rings (SSSR count). The van der Waals surface area contributed by atoms with Gasteiger partial charge in [-0.05, 0) is 66.4 Å². The highest BCUT2D eigenvalue weighted by atomic mass is 19.1. The molecule has 234 valence electrons. The minimum atomic E-state index is -0.799. The highest BCUT2D eigenvalue weighted by Gasteiger charge is 2.35. The Hall–Kier alpha value is -4.06. The second-order valence-electron chi connectivity index (χ2n) is 11.0. The number of nitrogens with zero attached hydrogens (tertiary/aromatic N) is 2. The molecular formula is C33H37F2N3O6. The summed E-state index contributed by atoms with van der Waals surface area (Å²) in [6.07, 6.45) is 0.683. The Bertz CT molecular complexity index is 1470. The molecule has 3 aromatic carbocycles. The normalized spacial score (nSPS) is 19.5. The topological polar surface area (TPSA) is 89.6 Å². The second kappa shape index (κ2) is 14.6. The molecule has 2 aliphatic rings. The van der Waals surface area contributed by atoms with Crippen LogP contribution in [0.25, 0.3) is 0 Å². The first-order valence-corrected chi connectivity index (χ1v) is 14.6. The number of rotatable bonds is 6. The molecule has 1 saturated heterocycles. The third-order valence-corrected chi connectivity index (χ3v) is 7.76. The number of piperidine rings is 1. The van der Waals surface area contributed by atoms with Crippen LogP contribution < -0.4 is 14.8 Å². The molecule has 2 amide bonds. The standard InChI is InChI=1S/C33H37F2N3O6/c1-41-14-4-12-37-18-22-7-10-30(42-2)31(16-22)44-25-6-3-5-23(15-25)21-43-29-11-13-38(19-28(29)36-32(39)20-37)33(40)26-17-24(34)8-9-27(26)35/h3,5-10,15-17,28-29H,4,11-14,18-21H2,1-2H3,(H,36,39)/t28-,29+/m0/s1. The Morgan fingerprint density at radius 1 is 1.05 bits per heavy atom. The molecule has 0 radical (unpaired) electrons. The number of carbonyl (C=O) groups excluding carboxylic acids is 2. The summed E-state index contributed by atoms with van der Waals surface area (Å²) in [6, 6.07) is 15.4. The summed E-state index contributed by atoms with van der Waals surface area (Å²) < 4.78 is 51.6. The molecule has 2 heterocycles. The van der Waals surface area contributed by atoms with Crippen molar-refractivity contribution in [1.82, 2.24) is 15.1 Å². The number of hydrogen-bond donors (Lipinski definition) is 1. The van der Waals surface area contributed by atoms with Gasteiger partial charge in [0.2, 0.25) is 5.91 Å². The first-order chi connectivity index (χ1) is 21.3. The van der Waals surface area contributed by atoms with E-state index in [9.17, 15) is 18.4 Å². The Balaban J connectivity index is 1.42. The van der Waals surface area contributed by atoms with Gasteiger partial charge in [0.15, 0.2) is 11.5 Å². The number of methoxy groups -OCH3 is 2. The van der Waals surface area contributed by atoms with E-state index in [1.807, 2.05) is 47.4 Å². The summed E-state index contributed by atoms with van der Waals surface area (Å²) in [7, 11) is 3.22. The number of nitrogens with one attached hydrogen (secondary N) is 1. The van der Waals surface area contributed by atoms with Crippen molar-refractivity contribution in [3.05, 3.63) is 89.0 Å². The van der Waals surface area contributed by atoms with Gasteiger partial charge in [0.1, 0.15) is 17.4 Å². The van der Waals surface area contributed by atoms with Gasteiger partial charge in [-0.3, -0.25) is 14.5 Å². The fraction of sp³-hybridized carbons (Fsp3) is 0.394. The van der Waals surface area contributed by atoms with Gasteiger partial charge in [0, 0.05) is 39.9 Å². The summed E-state index contributed by atoms with van der Waals surface area (Å²) in [4.78, 5) is 30.2. The van der Waals surface area contributed by atoms with Crippen LogP contribution in [0.1, 0.15) is 34.3 Å². The first kappa shape index (κ1) is 31.4. The Kier molecular flexibility index (Phi) is 10.4. The predicted octanol–water partition coefficient (Wildman–Crippen LogP) is 4.53. The SMILES string of the molecule is COCCCN1CC(=O)N[C@H]2CN(C(=O)c3cc(F)ccc3F)CC[C@H]2OCc2cccc(c2)Oc2cc(ccc2OC)C1. The summed E-state index contributed by atoms with van der Waals surface area (Å²) in [5, 5.41) is 3.07. The van der Waals surface area contributed by atoms with Gasteiger partial charge in [-0.1, -0.05) is 18.2 Å². The lowest BCUT2D eigenvalue weighted by atomic mass is 10.00. The van der Waals surface area contributed by atoms with E-state index < -0.39 is 29.7 Å². The minimum absolute atomic E-state index is 0.0832. The molecule has 4 bridgehead atoms. The fourth-order valence-electron chi connectivity index (χ4n) is 5.57. The van der Waals surface area contributed by atoms with Gasteiger partial charge >= 0.3 is 0 Å². The molecule has 0 aliphatic carbocycles. The van der Waals surface area contributed by atoms with Crippen molar-refractivity contribution in [1.29, 1.82) is 0 Å². The minimum Gasteiger partial charge on any atom is -0.493 e. The Labute approximate surface area is 255 Å². The van der Waals surface area contributed by atoms with Gasteiger partial charge in [-0.2, -0.15) is 0 Å². The van der Waals surface area contributed by atoms with E-state index in [1.165, 1.54) is 4.90 Å². The summed E-state index contributed by atoms with van der Waals surface area (Å²) in [5.41, 5.74) is 1.45. The van der Waals surface area contributed by atoms with Crippen LogP contribution >= 0.6 is 0 Å². The van der Waals surface area contributed by atoms with Crippen LogP contribution in [0.5, 0.6) is 17.2 Å². The van der Waals surface area contributed by atoms with Crippen molar-refractivity contribution in [2.75, 3.05) is 47.0 Å². The van der Waals surface area contributed by atoms with Crippen LogP contribution in [-0.2, 0) is 27.4 Å². The van der Waals surface area contributed by atoms with Crippen LogP contribution in [0.2, 0.25) is 0 Å².